The number of rotatable bonds is 2. The molecular weight excluding hydrogens is 316 g/mol. The molecule has 0 spiro atoms. The lowest BCUT2D eigenvalue weighted by Crippen LogP contribution is -2.56. The van der Waals surface area contributed by atoms with Gasteiger partial charge in [0.2, 0.25) is 0 Å². The molecule has 0 aromatic carbocycles. The van der Waals surface area contributed by atoms with Crippen molar-refractivity contribution in [3.05, 3.63) is 23.3 Å². The Morgan fingerprint density at radius 2 is 2.00 bits per heavy atom. The molecule has 4 rings (SSSR count). The highest BCUT2D eigenvalue weighted by Gasteiger charge is 2.62. The largest absolute Gasteiger partial charge is 0.388 e. The molecule has 4 aliphatic carbocycles. The van der Waals surface area contributed by atoms with E-state index in [-0.39, 0.29) is 11.2 Å². The maximum atomic E-state index is 12.3. The van der Waals surface area contributed by atoms with E-state index < -0.39 is 23.4 Å². The summed E-state index contributed by atoms with van der Waals surface area (Å²) >= 11 is 0. The van der Waals surface area contributed by atoms with Crippen molar-refractivity contribution in [3.63, 3.8) is 0 Å². The third kappa shape index (κ3) is 2.07. The van der Waals surface area contributed by atoms with Crippen LogP contribution in [0.1, 0.15) is 58.8 Å². The van der Waals surface area contributed by atoms with Gasteiger partial charge in [-0.1, -0.05) is 31.1 Å². The van der Waals surface area contributed by atoms with E-state index in [4.69, 9.17) is 0 Å². The Morgan fingerprint density at radius 1 is 1.24 bits per heavy atom. The first-order chi connectivity index (χ1) is 11.8. The summed E-state index contributed by atoms with van der Waals surface area (Å²) in [5.74, 6) is 0.654. The second-order valence-electron chi connectivity index (χ2n) is 8.98. The number of Topliss-reactive ketones (excluding diaryl/α,β-unsaturated/α-hetero) is 1. The highest BCUT2D eigenvalue weighted by atomic mass is 16.3. The maximum absolute atomic E-state index is 12.3. The zero-order valence-corrected chi connectivity index (χ0v) is 15.2. The summed E-state index contributed by atoms with van der Waals surface area (Å²) in [5, 5.41) is 20.5. The second kappa shape index (κ2) is 5.37. The van der Waals surface area contributed by atoms with E-state index in [9.17, 15) is 19.8 Å². The number of carbonyl (C=O) groups excluding carboxylic acids is 2. The van der Waals surface area contributed by atoms with Gasteiger partial charge in [0.25, 0.3) is 0 Å². The van der Waals surface area contributed by atoms with Crippen molar-refractivity contribution < 1.29 is 19.8 Å². The van der Waals surface area contributed by atoms with Crippen molar-refractivity contribution in [2.75, 3.05) is 6.61 Å². The predicted octanol–water partition coefficient (Wildman–Crippen LogP) is 2.73. The van der Waals surface area contributed by atoms with Crippen molar-refractivity contribution in [1.29, 1.82) is 0 Å². The Hall–Kier alpha value is -1.26. The smallest absolute Gasteiger partial charge is 0.190 e. The molecule has 0 radical (unpaired) electrons. The first kappa shape index (κ1) is 17.2. The van der Waals surface area contributed by atoms with Gasteiger partial charge in [-0.25, -0.2) is 0 Å². The van der Waals surface area contributed by atoms with Crippen molar-refractivity contribution in [1.82, 2.24) is 0 Å². The Morgan fingerprint density at radius 3 is 2.72 bits per heavy atom. The molecule has 0 aliphatic heterocycles. The molecule has 0 saturated heterocycles. The number of aliphatic hydroxyl groups excluding tert-OH is 1. The van der Waals surface area contributed by atoms with Gasteiger partial charge in [0.05, 0.1) is 0 Å². The minimum atomic E-state index is -1.46. The fourth-order valence-corrected chi connectivity index (χ4v) is 6.46. The number of ketones is 2. The molecule has 0 unspecified atom stereocenters. The van der Waals surface area contributed by atoms with E-state index in [1.54, 1.807) is 0 Å². The number of fused-ring (bicyclic) bond motifs is 5. The van der Waals surface area contributed by atoms with Crippen LogP contribution in [0.25, 0.3) is 0 Å². The molecule has 0 amide bonds. The van der Waals surface area contributed by atoms with E-state index in [1.165, 1.54) is 11.1 Å². The first-order valence-corrected chi connectivity index (χ1v) is 9.57. The average Bonchev–Trinajstić information content (AvgIpc) is 2.87. The zero-order valence-electron chi connectivity index (χ0n) is 15.2. The fourth-order valence-electron chi connectivity index (χ4n) is 6.46. The Kier molecular flexibility index (Phi) is 3.69. The fraction of sp³-hybridized carbons (Fsp3) is 0.714. The van der Waals surface area contributed by atoms with Gasteiger partial charge in [-0.3, -0.25) is 9.59 Å². The molecule has 4 aliphatic rings. The molecule has 4 heteroatoms. The van der Waals surface area contributed by atoms with Crippen LogP contribution >= 0.6 is 0 Å². The van der Waals surface area contributed by atoms with Crippen LogP contribution in [0.15, 0.2) is 23.3 Å². The van der Waals surface area contributed by atoms with Crippen molar-refractivity contribution in [2.45, 2.75) is 64.4 Å². The van der Waals surface area contributed by atoms with Crippen LogP contribution in [0.5, 0.6) is 0 Å². The molecule has 2 fully saturated rings. The Balaban J connectivity index is 1.70. The van der Waals surface area contributed by atoms with E-state index >= 15 is 0 Å². The zero-order chi connectivity index (χ0) is 18.0. The van der Waals surface area contributed by atoms with Gasteiger partial charge in [0.1, 0.15) is 12.2 Å². The predicted molar refractivity (Wildman–Crippen MR) is 93.7 cm³/mol. The van der Waals surface area contributed by atoms with E-state index in [0.29, 0.717) is 24.7 Å². The van der Waals surface area contributed by atoms with Gasteiger partial charge in [0.15, 0.2) is 11.6 Å². The third-order valence-electron chi connectivity index (χ3n) is 8.12. The lowest BCUT2D eigenvalue weighted by molar-refractivity contribution is -0.153. The summed E-state index contributed by atoms with van der Waals surface area (Å²) in [6.45, 7) is 3.72. The van der Waals surface area contributed by atoms with Crippen LogP contribution in [0.2, 0.25) is 0 Å². The van der Waals surface area contributed by atoms with Crippen LogP contribution < -0.4 is 0 Å². The first-order valence-electron chi connectivity index (χ1n) is 9.57. The van der Waals surface area contributed by atoms with Crippen molar-refractivity contribution >= 4 is 11.6 Å². The van der Waals surface area contributed by atoms with Gasteiger partial charge in [-0.2, -0.15) is 0 Å². The van der Waals surface area contributed by atoms with Gasteiger partial charge in [-0.15, -0.1) is 0 Å². The maximum Gasteiger partial charge on any atom is 0.190 e. The van der Waals surface area contributed by atoms with Crippen molar-refractivity contribution in [2.24, 2.45) is 22.7 Å². The summed E-state index contributed by atoms with van der Waals surface area (Å²) < 4.78 is 0. The topological polar surface area (TPSA) is 74.6 Å². The van der Waals surface area contributed by atoms with Crippen molar-refractivity contribution in [3.8, 4) is 0 Å². The molecule has 2 saturated carbocycles. The third-order valence-corrected chi connectivity index (χ3v) is 8.12. The second-order valence-corrected chi connectivity index (χ2v) is 8.98. The standard InChI is InChI=1S/C21H28O4/c1-19-8-5-14(23)11-13(19)3-4-15-16(19)6-9-20(2)17(15)7-10-21(20,25)18(24)12-22/h7,11,15-16,22,25H,3-6,8-10,12H2,1-2H3/t15-,16+,19+,20-,21+/m1/s1. The lowest BCUT2D eigenvalue weighted by atomic mass is 9.47. The van der Waals surface area contributed by atoms with Gasteiger partial charge < -0.3 is 10.2 Å². The molecule has 25 heavy (non-hydrogen) atoms. The minimum Gasteiger partial charge on any atom is -0.388 e. The molecule has 0 bridgehead atoms. The Bertz CT molecular complexity index is 705. The van der Waals surface area contributed by atoms with E-state index in [2.05, 4.69) is 13.0 Å². The molecule has 0 aromatic rings. The minimum absolute atomic E-state index is 0.0701. The molecule has 5 atom stereocenters. The summed E-state index contributed by atoms with van der Waals surface area (Å²) in [7, 11) is 0. The lowest BCUT2D eigenvalue weighted by Gasteiger charge is -2.57. The monoisotopic (exact) mass is 344 g/mol. The van der Waals surface area contributed by atoms with Crippen LogP contribution in [0, 0.1) is 22.7 Å². The molecule has 2 N–H and O–H groups in total. The normalized spacial score (nSPS) is 45.8. The highest BCUT2D eigenvalue weighted by Crippen LogP contribution is 2.65. The van der Waals surface area contributed by atoms with E-state index in [0.717, 1.165) is 32.1 Å². The molecule has 4 nitrogen and oxygen atoms in total. The van der Waals surface area contributed by atoms with Crippen LogP contribution in [0.4, 0.5) is 0 Å². The van der Waals surface area contributed by atoms with Crippen LogP contribution in [-0.4, -0.2) is 34.0 Å². The number of carbonyl (C=O) groups is 2. The number of aliphatic hydroxyl groups is 2. The highest BCUT2D eigenvalue weighted by molar-refractivity contribution is 5.92. The summed E-state index contributed by atoms with van der Waals surface area (Å²) in [5.41, 5.74) is 0.595. The number of hydrogen-bond donors (Lipinski definition) is 2. The molecule has 0 heterocycles. The number of hydrogen-bond acceptors (Lipinski definition) is 4. The SMILES string of the molecule is C[C@]12CCC(=O)C=C1CC[C@H]1C3=CC[C@](O)(C(=O)CO)[C@]3(C)CC[C@@H]12. The number of allylic oxidation sites excluding steroid dienone is 2. The Labute approximate surface area is 149 Å². The summed E-state index contributed by atoms with van der Waals surface area (Å²) in [6.07, 6.45) is 9.49. The average molecular weight is 344 g/mol. The van der Waals surface area contributed by atoms with E-state index in [1.807, 2.05) is 13.0 Å². The van der Waals surface area contributed by atoms with Gasteiger partial charge >= 0.3 is 0 Å². The van der Waals surface area contributed by atoms with Gasteiger partial charge in [-0.05, 0) is 55.4 Å². The molecular formula is C21H28O4. The quantitative estimate of drug-likeness (QED) is 0.756. The molecule has 0 aromatic heterocycles. The summed E-state index contributed by atoms with van der Waals surface area (Å²) in [4.78, 5) is 24.2. The molecule has 136 valence electrons. The van der Waals surface area contributed by atoms with Crippen LogP contribution in [0.3, 0.4) is 0 Å². The van der Waals surface area contributed by atoms with Gasteiger partial charge in [0, 0.05) is 18.3 Å². The van der Waals surface area contributed by atoms with Crippen LogP contribution in [-0.2, 0) is 9.59 Å². The summed E-state index contributed by atoms with van der Waals surface area (Å²) in [6, 6.07) is 0.